The molecule has 1 atom stereocenters. The number of urea groups is 1. The summed E-state index contributed by atoms with van der Waals surface area (Å²) in [6.45, 7) is 10.3. The maximum atomic E-state index is 13.1. The monoisotopic (exact) mass is 454 g/mol. The van der Waals surface area contributed by atoms with Crippen molar-refractivity contribution in [2.24, 2.45) is 5.92 Å². The molecule has 0 radical (unpaired) electrons. The Bertz CT molecular complexity index is 935. The molecule has 1 aliphatic rings. The van der Waals surface area contributed by atoms with E-state index in [-0.39, 0.29) is 36.5 Å². The highest BCUT2D eigenvalue weighted by Crippen LogP contribution is 2.28. The van der Waals surface area contributed by atoms with Gasteiger partial charge in [0, 0.05) is 28.4 Å². The molecule has 1 aliphatic heterocycles. The molecule has 1 aromatic rings. The number of Topliss-reactive ketones (excluding diaryl/α,β-unsaturated/α-hetero) is 1. The van der Waals surface area contributed by atoms with Gasteiger partial charge in [0.05, 0.1) is 12.6 Å². The van der Waals surface area contributed by atoms with Crippen LogP contribution in [0.15, 0.2) is 54.3 Å². The van der Waals surface area contributed by atoms with Crippen LogP contribution >= 0.6 is 11.6 Å². The Morgan fingerprint density at radius 3 is 2.48 bits per heavy atom. The van der Waals surface area contributed by atoms with E-state index in [1.54, 1.807) is 25.1 Å². The van der Waals surface area contributed by atoms with Gasteiger partial charge in [0.25, 0.3) is 0 Å². The molecule has 0 saturated carbocycles. The van der Waals surface area contributed by atoms with Crippen LogP contribution in [0.2, 0.25) is 5.02 Å². The van der Waals surface area contributed by atoms with Crippen LogP contribution in [0.3, 0.4) is 0 Å². The predicted octanol–water partition coefficient (Wildman–Crippen LogP) is 6.17. The molecule has 0 unspecified atom stereocenters. The lowest BCUT2D eigenvalue weighted by Crippen LogP contribution is -2.41. The van der Waals surface area contributed by atoms with Gasteiger partial charge in [-0.15, -0.1) is 0 Å². The molecule has 8 heteroatoms. The molecule has 1 aromatic carbocycles. The quantitative estimate of drug-likeness (QED) is 0.365. The third kappa shape index (κ3) is 5.79. The summed E-state index contributed by atoms with van der Waals surface area (Å²) in [6, 6.07) is 4.20. The van der Waals surface area contributed by atoms with Crippen LogP contribution in [0.4, 0.5) is 18.0 Å². The van der Waals surface area contributed by atoms with E-state index in [2.05, 4.69) is 6.58 Å². The summed E-state index contributed by atoms with van der Waals surface area (Å²) in [5.74, 6) is -0.204. The van der Waals surface area contributed by atoms with E-state index in [0.29, 0.717) is 10.6 Å². The van der Waals surface area contributed by atoms with Crippen LogP contribution in [0.5, 0.6) is 0 Å². The fourth-order valence-electron chi connectivity index (χ4n) is 3.27. The summed E-state index contributed by atoms with van der Waals surface area (Å²) in [7, 11) is 0. The molecule has 1 saturated heterocycles. The molecule has 168 valence electrons. The van der Waals surface area contributed by atoms with Gasteiger partial charge in [-0.2, -0.15) is 13.2 Å². The standard InChI is InChI=1S/C23H26ClF3N2O2/c1-6-18(9-7-16(5)23(25,26)27)28-12-20(14(2)3)29(22(28)31)13-21(30)17-8-10-19(24)15(4)11-17/h6-11,14,20H,1,12-13H2,2-5H3/b16-7+,18-9+/t20-/m1/s1. The summed E-state index contributed by atoms with van der Waals surface area (Å²) in [6.07, 6.45) is -0.977. The normalized spacial score (nSPS) is 18.2. The first kappa shape index (κ1) is 24.7. The van der Waals surface area contributed by atoms with E-state index in [4.69, 9.17) is 11.6 Å². The topological polar surface area (TPSA) is 40.6 Å². The number of nitrogens with zero attached hydrogens (tertiary/aromatic N) is 2. The molecule has 31 heavy (non-hydrogen) atoms. The number of allylic oxidation sites excluding steroid dienone is 4. The zero-order chi connectivity index (χ0) is 23.5. The molecular weight excluding hydrogens is 429 g/mol. The molecule has 0 spiro atoms. The summed E-state index contributed by atoms with van der Waals surface area (Å²) >= 11 is 6.02. The lowest BCUT2D eigenvalue weighted by molar-refractivity contribution is -0.0913. The molecule has 2 rings (SSSR count). The second-order valence-corrected chi connectivity index (χ2v) is 8.27. The van der Waals surface area contributed by atoms with Gasteiger partial charge in [0.1, 0.15) is 0 Å². The van der Waals surface area contributed by atoms with Crippen LogP contribution in [-0.2, 0) is 0 Å². The van der Waals surface area contributed by atoms with Crippen LogP contribution in [0.25, 0.3) is 0 Å². The molecule has 2 amide bonds. The van der Waals surface area contributed by atoms with E-state index in [0.717, 1.165) is 18.6 Å². The minimum absolute atomic E-state index is 0.0345. The van der Waals surface area contributed by atoms with Gasteiger partial charge in [-0.1, -0.05) is 38.1 Å². The van der Waals surface area contributed by atoms with Crippen LogP contribution < -0.4 is 0 Å². The van der Waals surface area contributed by atoms with E-state index in [1.807, 2.05) is 13.8 Å². The van der Waals surface area contributed by atoms with Crippen molar-refractivity contribution in [2.45, 2.75) is 39.9 Å². The van der Waals surface area contributed by atoms with Gasteiger partial charge in [-0.05, 0) is 55.7 Å². The maximum absolute atomic E-state index is 13.1. The van der Waals surface area contributed by atoms with Crippen molar-refractivity contribution in [1.82, 2.24) is 9.80 Å². The van der Waals surface area contributed by atoms with E-state index in [9.17, 15) is 22.8 Å². The zero-order valence-electron chi connectivity index (χ0n) is 18.0. The van der Waals surface area contributed by atoms with Crippen molar-refractivity contribution in [2.75, 3.05) is 13.1 Å². The summed E-state index contributed by atoms with van der Waals surface area (Å²) < 4.78 is 38.4. The lowest BCUT2D eigenvalue weighted by atomic mass is 10.0. The number of aryl methyl sites for hydroxylation is 1. The molecular formula is C23H26ClF3N2O2. The van der Waals surface area contributed by atoms with Gasteiger partial charge in [-0.3, -0.25) is 9.69 Å². The Balaban J connectivity index is 2.30. The van der Waals surface area contributed by atoms with Crippen molar-refractivity contribution >= 4 is 23.4 Å². The van der Waals surface area contributed by atoms with Crippen molar-refractivity contribution in [3.8, 4) is 0 Å². The van der Waals surface area contributed by atoms with Gasteiger partial charge >= 0.3 is 12.2 Å². The van der Waals surface area contributed by atoms with E-state index >= 15 is 0 Å². The summed E-state index contributed by atoms with van der Waals surface area (Å²) in [5, 5.41) is 0.544. The fourth-order valence-corrected chi connectivity index (χ4v) is 3.39. The Morgan fingerprint density at radius 2 is 1.97 bits per heavy atom. The van der Waals surface area contributed by atoms with E-state index in [1.165, 1.54) is 22.0 Å². The third-order valence-corrected chi connectivity index (χ3v) is 5.71. The summed E-state index contributed by atoms with van der Waals surface area (Å²) in [5.41, 5.74) is 0.658. The molecule has 0 aliphatic carbocycles. The largest absolute Gasteiger partial charge is 0.412 e. The van der Waals surface area contributed by atoms with Crippen molar-refractivity contribution in [3.05, 3.63) is 70.4 Å². The Morgan fingerprint density at radius 1 is 1.32 bits per heavy atom. The number of alkyl halides is 3. The minimum atomic E-state index is -4.45. The third-order valence-electron chi connectivity index (χ3n) is 5.28. The lowest BCUT2D eigenvalue weighted by Gasteiger charge is -2.25. The molecule has 1 fully saturated rings. The van der Waals surface area contributed by atoms with Gasteiger partial charge in [-0.25, -0.2) is 4.79 Å². The molecule has 4 nitrogen and oxygen atoms in total. The number of halogens is 4. The molecule has 0 bridgehead atoms. The molecule has 0 aromatic heterocycles. The van der Waals surface area contributed by atoms with Gasteiger partial charge < -0.3 is 4.90 Å². The highest BCUT2D eigenvalue weighted by Gasteiger charge is 2.40. The fraction of sp³-hybridized carbons (Fsp3) is 0.391. The van der Waals surface area contributed by atoms with Crippen molar-refractivity contribution in [3.63, 3.8) is 0 Å². The first-order valence-electron chi connectivity index (χ1n) is 9.82. The Kier molecular flexibility index (Phi) is 7.76. The Labute approximate surface area is 185 Å². The number of rotatable bonds is 7. The number of amides is 2. The molecule has 1 heterocycles. The number of ketones is 1. The number of benzene rings is 1. The van der Waals surface area contributed by atoms with Crippen molar-refractivity contribution in [1.29, 1.82) is 0 Å². The Hall–Kier alpha value is -2.54. The summed E-state index contributed by atoms with van der Waals surface area (Å²) in [4.78, 5) is 28.7. The number of carbonyl (C=O) groups excluding carboxylic acids is 2. The average molecular weight is 455 g/mol. The van der Waals surface area contributed by atoms with Crippen LogP contribution in [0, 0.1) is 12.8 Å². The number of hydrogen-bond donors (Lipinski definition) is 0. The first-order valence-corrected chi connectivity index (χ1v) is 10.2. The predicted molar refractivity (Wildman–Crippen MR) is 116 cm³/mol. The highest BCUT2D eigenvalue weighted by atomic mass is 35.5. The smallest absolute Gasteiger partial charge is 0.312 e. The minimum Gasteiger partial charge on any atom is -0.312 e. The van der Waals surface area contributed by atoms with Gasteiger partial charge in [0.2, 0.25) is 0 Å². The highest BCUT2D eigenvalue weighted by molar-refractivity contribution is 6.31. The van der Waals surface area contributed by atoms with Crippen LogP contribution in [0.1, 0.15) is 36.7 Å². The average Bonchev–Trinajstić information content (AvgIpc) is 3.00. The van der Waals surface area contributed by atoms with E-state index < -0.39 is 17.8 Å². The van der Waals surface area contributed by atoms with Gasteiger partial charge in [0.15, 0.2) is 5.78 Å². The van der Waals surface area contributed by atoms with Crippen LogP contribution in [-0.4, -0.2) is 46.9 Å². The first-order chi connectivity index (χ1) is 14.4. The SMILES string of the molecule is C=C/C(=C\C=C(/C)C(F)(F)F)N1C[C@H](C(C)C)N(CC(=O)c2ccc(Cl)c(C)c2)C1=O. The molecule has 0 N–H and O–H groups in total. The number of hydrogen-bond acceptors (Lipinski definition) is 2. The van der Waals surface area contributed by atoms with Crippen molar-refractivity contribution < 1.29 is 22.8 Å². The second-order valence-electron chi connectivity index (χ2n) is 7.86. The second kappa shape index (κ2) is 9.73. The zero-order valence-corrected chi connectivity index (χ0v) is 18.7. The number of carbonyl (C=O) groups is 2. The maximum Gasteiger partial charge on any atom is 0.412 e.